The van der Waals surface area contributed by atoms with Crippen LogP contribution in [0.4, 0.5) is 0 Å². The molecule has 1 aliphatic heterocycles. The first-order chi connectivity index (χ1) is 3.43. The molecule has 0 spiro atoms. The molecule has 1 saturated heterocycles. The molecule has 1 aliphatic rings. The predicted octanol–water partition coefficient (Wildman–Crippen LogP) is 0.00950. The van der Waals surface area contributed by atoms with Crippen LogP contribution in [0.2, 0.25) is 0 Å². The zero-order valence-corrected chi connectivity index (χ0v) is 4.55. The van der Waals surface area contributed by atoms with Crippen LogP contribution in [0, 0.1) is 0 Å². The molecule has 0 aromatic rings. The van der Waals surface area contributed by atoms with Gasteiger partial charge in [-0.25, -0.2) is 5.32 Å². The van der Waals surface area contributed by atoms with E-state index in [2.05, 4.69) is 5.32 Å². The number of nitrogens with zero attached hydrogens (tertiary/aromatic N) is 1. The minimum Gasteiger partial charge on any atom is -0.383 e. The maximum Gasteiger partial charge on any atom is 0.0632 e. The van der Waals surface area contributed by atoms with Crippen molar-refractivity contribution in [3.05, 3.63) is 0 Å². The van der Waals surface area contributed by atoms with E-state index in [-0.39, 0.29) is 0 Å². The largest absolute Gasteiger partial charge is 0.383 e. The molecular formula is C5H10NO. The summed E-state index contributed by atoms with van der Waals surface area (Å²) in [5.41, 5.74) is 0. The van der Waals surface area contributed by atoms with Crippen LogP contribution in [0.3, 0.4) is 0 Å². The average Bonchev–Trinajstić information content (AvgIpc) is 1.55. The fraction of sp³-hybridized carbons (Fsp3) is 1.00. The topological polar surface area (TPSA) is 23.3 Å². The van der Waals surface area contributed by atoms with Gasteiger partial charge in [-0.2, -0.15) is 0 Å². The fourth-order valence-electron chi connectivity index (χ4n) is 0.640. The van der Waals surface area contributed by atoms with Crippen molar-refractivity contribution in [2.75, 3.05) is 20.3 Å². The second kappa shape index (κ2) is 2.28. The van der Waals surface area contributed by atoms with Gasteiger partial charge in [-0.1, -0.05) is 0 Å². The Morgan fingerprint density at radius 1 is 1.86 bits per heavy atom. The van der Waals surface area contributed by atoms with E-state index in [0.29, 0.717) is 6.04 Å². The lowest BCUT2D eigenvalue weighted by molar-refractivity contribution is 0.136. The van der Waals surface area contributed by atoms with Crippen LogP contribution in [0.15, 0.2) is 0 Å². The number of ether oxygens (including phenoxy) is 1. The van der Waals surface area contributed by atoms with Crippen LogP contribution in [-0.4, -0.2) is 26.3 Å². The van der Waals surface area contributed by atoms with Gasteiger partial charge in [-0.15, -0.1) is 0 Å². The van der Waals surface area contributed by atoms with Gasteiger partial charge in [0.2, 0.25) is 0 Å². The molecular weight excluding hydrogens is 90.1 g/mol. The van der Waals surface area contributed by atoms with Crippen LogP contribution in [0.1, 0.15) is 6.42 Å². The van der Waals surface area contributed by atoms with Crippen molar-refractivity contribution in [1.82, 2.24) is 5.32 Å². The molecule has 0 amide bonds. The maximum absolute atomic E-state index is 4.85. The quantitative estimate of drug-likeness (QED) is 0.479. The van der Waals surface area contributed by atoms with Crippen LogP contribution in [0.5, 0.6) is 0 Å². The highest BCUT2D eigenvalue weighted by Crippen LogP contribution is 2.02. The third-order valence-corrected chi connectivity index (χ3v) is 1.21. The summed E-state index contributed by atoms with van der Waals surface area (Å²) in [5.74, 6) is 0. The van der Waals surface area contributed by atoms with Gasteiger partial charge >= 0.3 is 0 Å². The van der Waals surface area contributed by atoms with Crippen molar-refractivity contribution in [1.29, 1.82) is 0 Å². The third-order valence-electron chi connectivity index (χ3n) is 1.21. The van der Waals surface area contributed by atoms with Gasteiger partial charge in [-0.3, -0.25) is 0 Å². The Kier molecular flexibility index (Phi) is 1.65. The summed E-state index contributed by atoms with van der Waals surface area (Å²) in [7, 11) is 1.72. The Morgan fingerprint density at radius 3 is 2.71 bits per heavy atom. The monoisotopic (exact) mass is 100 g/mol. The van der Waals surface area contributed by atoms with E-state index in [4.69, 9.17) is 4.74 Å². The van der Waals surface area contributed by atoms with Gasteiger partial charge in [0.1, 0.15) is 0 Å². The summed E-state index contributed by atoms with van der Waals surface area (Å²) in [6, 6.07) is 0.532. The Bertz CT molecular complexity index is 52.0. The number of hydrogen-bond donors (Lipinski definition) is 0. The van der Waals surface area contributed by atoms with Crippen LogP contribution < -0.4 is 5.32 Å². The number of rotatable bonds is 2. The molecule has 2 heteroatoms. The van der Waals surface area contributed by atoms with E-state index < -0.39 is 0 Å². The Labute approximate surface area is 43.9 Å². The molecule has 1 atom stereocenters. The highest BCUT2D eigenvalue weighted by molar-refractivity contribution is 4.75. The van der Waals surface area contributed by atoms with Crippen LogP contribution >= 0.6 is 0 Å². The summed E-state index contributed by atoms with van der Waals surface area (Å²) in [5, 5.41) is 4.13. The Morgan fingerprint density at radius 2 is 2.57 bits per heavy atom. The van der Waals surface area contributed by atoms with E-state index in [1.807, 2.05) is 0 Å². The number of hydrogen-bond acceptors (Lipinski definition) is 1. The fourth-order valence-corrected chi connectivity index (χ4v) is 0.640. The summed E-state index contributed by atoms with van der Waals surface area (Å²) >= 11 is 0. The van der Waals surface area contributed by atoms with E-state index in [1.165, 1.54) is 6.42 Å². The lowest BCUT2D eigenvalue weighted by Gasteiger charge is -2.23. The van der Waals surface area contributed by atoms with Gasteiger partial charge < -0.3 is 4.74 Å². The van der Waals surface area contributed by atoms with Crippen molar-refractivity contribution < 1.29 is 4.74 Å². The van der Waals surface area contributed by atoms with Crippen molar-refractivity contribution in [2.45, 2.75) is 12.5 Å². The maximum atomic E-state index is 4.85. The molecule has 1 rings (SSSR count). The highest BCUT2D eigenvalue weighted by Gasteiger charge is 2.16. The zero-order chi connectivity index (χ0) is 5.11. The lowest BCUT2D eigenvalue weighted by Crippen LogP contribution is -2.39. The first-order valence-electron chi connectivity index (χ1n) is 2.59. The van der Waals surface area contributed by atoms with Crippen molar-refractivity contribution in [3.63, 3.8) is 0 Å². The van der Waals surface area contributed by atoms with Crippen LogP contribution in [0.25, 0.3) is 0 Å². The summed E-state index contributed by atoms with van der Waals surface area (Å²) < 4.78 is 4.85. The molecule has 0 aliphatic carbocycles. The molecule has 0 aromatic carbocycles. The minimum absolute atomic E-state index is 0.532. The van der Waals surface area contributed by atoms with Gasteiger partial charge in [-0.05, 0) is 6.42 Å². The van der Waals surface area contributed by atoms with E-state index in [1.54, 1.807) is 7.11 Å². The molecule has 0 saturated carbocycles. The Hall–Kier alpha value is -0.0800. The second-order valence-electron chi connectivity index (χ2n) is 1.80. The van der Waals surface area contributed by atoms with E-state index in [9.17, 15) is 0 Å². The summed E-state index contributed by atoms with van der Waals surface area (Å²) in [6.07, 6.45) is 1.23. The SMILES string of the molecule is COCC1CC[N]1. The molecule has 0 bridgehead atoms. The smallest absolute Gasteiger partial charge is 0.0632 e. The van der Waals surface area contributed by atoms with Gasteiger partial charge in [0, 0.05) is 19.7 Å². The first-order valence-corrected chi connectivity index (χ1v) is 2.59. The molecule has 1 heterocycles. The Balaban J connectivity index is 1.93. The van der Waals surface area contributed by atoms with Crippen LogP contribution in [-0.2, 0) is 4.74 Å². The molecule has 7 heavy (non-hydrogen) atoms. The third kappa shape index (κ3) is 1.14. The molecule has 1 radical (unpaired) electrons. The molecule has 0 N–H and O–H groups in total. The van der Waals surface area contributed by atoms with E-state index >= 15 is 0 Å². The first kappa shape index (κ1) is 5.06. The predicted molar refractivity (Wildman–Crippen MR) is 27.3 cm³/mol. The van der Waals surface area contributed by atoms with Crippen molar-refractivity contribution >= 4 is 0 Å². The lowest BCUT2D eigenvalue weighted by atomic mass is 10.1. The minimum atomic E-state index is 0.532. The standard InChI is InChI=1S/C5H10NO/c1-7-4-5-2-3-6-5/h5H,2-4H2,1H3. The van der Waals surface area contributed by atoms with Gasteiger partial charge in [0.25, 0.3) is 0 Å². The summed E-state index contributed by atoms with van der Waals surface area (Å²) in [4.78, 5) is 0. The molecule has 41 valence electrons. The molecule has 1 fully saturated rings. The second-order valence-corrected chi connectivity index (χ2v) is 1.80. The van der Waals surface area contributed by atoms with Gasteiger partial charge in [0.15, 0.2) is 0 Å². The molecule has 0 aromatic heterocycles. The summed E-state index contributed by atoms with van der Waals surface area (Å²) in [6.45, 7) is 1.87. The number of methoxy groups -OCH3 is 1. The average molecular weight is 100 g/mol. The highest BCUT2D eigenvalue weighted by atomic mass is 16.5. The zero-order valence-electron chi connectivity index (χ0n) is 4.55. The van der Waals surface area contributed by atoms with Gasteiger partial charge in [0.05, 0.1) is 6.61 Å². The van der Waals surface area contributed by atoms with E-state index in [0.717, 1.165) is 13.2 Å². The molecule has 1 unspecified atom stereocenters. The molecule has 2 nitrogen and oxygen atoms in total. The van der Waals surface area contributed by atoms with Crippen molar-refractivity contribution in [2.24, 2.45) is 0 Å². The normalized spacial score (nSPS) is 29.6. The van der Waals surface area contributed by atoms with Crippen molar-refractivity contribution in [3.8, 4) is 0 Å².